The van der Waals surface area contributed by atoms with Gasteiger partial charge in [-0.1, -0.05) is 26.0 Å². The molecule has 102 valence electrons. The number of nitrogens with zero attached hydrogens (tertiary/aromatic N) is 1. The van der Waals surface area contributed by atoms with Crippen molar-refractivity contribution in [2.75, 3.05) is 11.4 Å². The third-order valence-corrected chi connectivity index (χ3v) is 2.97. The Bertz CT molecular complexity index is 499. The molecule has 0 saturated heterocycles. The van der Waals surface area contributed by atoms with E-state index in [9.17, 15) is 9.59 Å². The number of hydrogen-bond donors (Lipinski definition) is 1. The maximum Gasteiger partial charge on any atom is 0.260 e. The van der Waals surface area contributed by atoms with Gasteiger partial charge in [-0.2, -0.15) is 0 Å². The van der Waals surface area contributed by atoms with Crippen molar-refractivity contribution in [1.82, 2.24) is 0 Å². The molecule has 0 saturated carbocycles. The van der Waals surface area contributed by atoms with Crippen molar-refractivity contribution in [2.24, 2.45) is 11.7 Å². The monoisotopic (exact) mass is 262 g/mol. The maximum absolute atomic E-state index is 12.3. The van der Waals surface area contributed by atoms with Crippen LogP contribution < -0.4 is 15.4 Å². The number of fused-ring (bicyclic) bond motifs is 1. The summed E-state index contributed by atoms with van der Waals surface area (Å²) < 4.78 is 5.51. The zero-order chi connectivity index (χ0) is 14.0. The summed E-state index contributed by atoms with van der Waals surface area (Å²) in [6.45, 7) is 4.14. The molecule has 0 bridgehead atoms. The number of rotatable bonds is 3. The zero-order valence-electron chi connectivity index (χ0n) is 11.1. The number of carbonyl (C=O) groups is 2. The van der Waals surface area contributed by atoms with Crippen LogP contribution >= 0.6 is 0 Å². The van der Waals surface area contributed by atoms with Crippen LogP contribution in [0.2, 0.25) is 0 Å². The molecule has 1 heterocycles. The lowest BCUT2D eigenvalue weighted by Crippen LogP contribution is -2.49. The van der Waals surface area contributed by atoms with Crippen LogP contribution in [0, 0.1) is 5.92 Å². The first-order valence-corrected chi connectivity index (χ1v) is 6.34. The summed E-state index contributed by atoms with van der Waals surface area (Å²) in [7, 11) is 0. The second-order valence-electron chi connectivity index (χ2n) is 5.08. The Morgan fingerprint density at radius 2 is 2.11 bits per heavy atom. The first-order valence-electron chi connectivity index (χ1n) is 6.34. The number of amides is 2. The van der Waals surface area contributed by atoms with E-state index in [0.29, 0.717) is 17.9 Å². The number of ether oxygens (including phenoxy) is 1. The van der Waals surface area contributed by atoms with E-state index in [2.05, 4.69) is 0 Å². The van der Waals surface area contributed by atoms with Crippen LogP contribution in [0.4, 0.5) is 5.69 Å². The molecular formula is C14H18N2O3. The van der Waals surface area contributed by atoms with Crippen LogP contribution in [0.25, 0.3) is 0 Å². The van der Waals surface area contributed by atoms with Crippen molar-refractivity contribution in [3.63, 3.8) is 0 Å². The Morgan fingerprint density at radius 3 is 2.74 bits per heavy atom. The van der Waals surface area contributed by atoms with Crippen LogP contribution in [-0.4, -0.2) is 24.5 Å². The first kappa shape index (κ1) is 13.4. The lowest BCUT2D eigenvalue weighted by molar-refractivity contribution is -0.125. The second-order valence-corrected chi connectivity index (χ2v) is 5.08. The molecule has 5 heteroatoms. The van der Waals surface area contributed by atoms with Crippen molar-refractivity contribution in [2.45, 2.75) is 26.4 Å². The third-order valence-electron chi connectivity index (χ3n) is 2.97. The van der Waals surface area contributed by atoms with Gasteiger partial charge >= 0.3 is 0 Å². The van der Waals surface area contributed by atoms with E-state index < -0.39 is 12.0 Å². The smallest absolute Gasteiger partial charge is 0.260 e. The van der Waals surface area contributed by atoms with E-state index in [1.807, 2.05) is 26.0 Å². The fourth-order valence-electron chi connectivity index (χ4n) is 2.08. The van der Waals surface area contributed by atoms with E-state index in [4.69, 9.17) is 10.5 Å². The highest BCUT2D eigenvalue weighted by molar-refractivity contribution is 5.97. The van der Waals surface area contributed by atoms with Gasteiger partial charge in [0.05, 0.1) is 12.2 Å². The van der Waals surface area contributed by atoms with Crippen LogP contribution in [-0.2, 0) is 9.59 Å². The van der Waals surface area contributed by atoms with Crippen molar-refractivity contribution >= 4 is 17.5 Å². The Hall–Kier alpha value is -2.04. The molecule has 0 aliphatic carbocycles. The average Bonchev–Trinajstić information content (AvgIpc) is 2.36. The van der Waals surface area contributed by atoms with Gasteiger partial charge < -0.3 is 15.4 Å². The zero-order valence-corrected chi connectivity index (χ0v) is 11.1. The summed E-state index contributed by atoms with van der Waals surface area (Å²) in [4.78, 5) is 25.2. The maximum atomic E-state index is 12.3. The lowest BCUT2D eigenvalue weighted by Gasteiger charge is -2.33. The van der Waals surface area contributed by atoms with Gasteiger partial charge in [0.25, 0.3) is 5.91 Å². The highest BCUT2D eigenvalue weighted by atomic mass is 16.5. The highest BCUT2D eigenvalue weighted by Gasteiger charge is 2.32. The molecule has 1 aliphatic rings. The van der Waals surface area contributed by atoms with Gasteiger partial charge in [0.1, 0.15) is 5.75 Å². The molecular weight excluding hydrogens is 244 g/mol. The van der Waals surface area contributed by atoms with Crippen molar-refractivity contribution in [1.29, 1.82) is 0 Å². The quantitative estimate of drug-likeness (QED) is 0.892. The standard InChI is InChI=1S/C14H18N2O3/c1-9(2)7-13(17)16-8-12(14(15)18)19-11-6-4-3-5-10(11)16/h3-6,9,12H,7-8H2,1-2H3,(H2,15,18). The molecule has 1 aromatic carbocycles. The number of primary amides is 1. The van der Waals surface area contributed by atoms with E-state index in [1.54, 1.807) is 17.0 Å². The van der Waals surface area contributed by atoms with Gasteiger partial charge in [-0.15, -0.1) is 0 Å². The number of nitrogens with two attached hydrogens (primary N) is 1. The third kappa shape index (κ3) is 2.86. The minimum atomic E-state index is -0.786. The van der Waals surface area contributed by atoms with Crippen LogP contribution in [0.5, 0.6) is 5.75 Å². The SMILES string of the molecule is CC(C)CC(=O)N1CC(C(N)=O)Oc2ccccc21. The van der Waals surface area contributed by atoms with Crippen molar-refractivity contribution in [3.05, 3.63) is 24.3 Å². The van der Waals surface area contributed by atoms with Crippen molar-refractivity contribution < 1.29 is 14.3 Å². The van der Waals surface area contributed by atoms with Gasteiger partial charge in [0.15, 0.2) is 6.10 Å². The number of para-hydroxylation sites is 2. The molecule has 19 heavy (non-hydrogen) atoms. The Balaban J connectivity index is 2.31. The second kappa shape index (κ2) is 5.30. The molecule has 1 atom stereocenters. The Labute approximate surface area is 112 Å². The Morgan fingerprint density at radius 1 is 1.42 bits per heavy atom. The fourth-order valence-corrected chi connectivity index (χ4v) is 2.08. The molecule has 0 aromatic heterocycles. The normalized spacial score (nSPS) is 17.8. The number of anilines is 1. The molecule has 1 aliphatic heterocycles. The lowest BCUT2D eigenvalue weighted by atomic mass is 10.1. The molecule has 1 unspecified atom stereocenters. The summed E-state index contributed by atoms with van der Waals surface area (Å²) in [5.74, 6) is 0.207. The van der Waals surface area contributed by atoms with Crippen LogP contribution in [0.1, 0.15) is 20.3 Å². The van der Waals surface area contributed by atoms with Gasteiger partial charge in [0, 0.05) is 6.42 Å². The van der Waals surface area contributed by atoms with Crippen LogP contribution in [0.15, 0.2) is 24.3 Å². The topological polar surface area (TPSA) is 72.6 Å². The van der Waals surface area contributed by atoms with E-state index >= 15 is 0 Å². The largest absolute Gasteiger partial charge is 0.477 e. The minimum absolute atomic E-state index is 0.0167. The molecule has 2 rings (SSSR count). The summed E-state index contributed by atoms with van der Waals surface area (Å²) in [5.41, 5.74) is 5.99. The van der Waals surface area contributed by atoms with E-state index in [-0.39, 0.29) is 18.4 Å². The van der Waals surface area contributed by atoms with Gasteiger partial charge in [-0.25, -0.2) is 0 Å². The summed E-state index contributed by atoms with van der Waals surface area (Å²) >= 11 is 0. The first-order chi connectivity index (χ1) is 8.99. The van der Waals surface area contributed by atoms with Gasteiger partial charge in [-0.3, -0.25) is 9.59 Å². The summed E-state index contributed by atoms with van der Waals surface area (Å²) in [5, 5.41) is 0. The molecule has 0 spiro atoms. The minimum Gasteiger partial charge on any atom is -0.477 e. The van der Waals surface area contributed by atoms with E-state index in [1.165, 1.54) is 0 Å². The van der Waals surface area contributed by atoms with Gasteiger partial charge in [0.2, 0.25) is 5.91 Å². The molecule has 2 amide bonds. The highest BCUT2D eigenvalue weighted by Crippen LogP contribution is 2.33. The number of carbonyl (C=O) groups excluding carboxylic acids is 2. The fraction of sp³-hybridized carbons (Fsp3) is 0.429. The predicted octanol–water partition coefficient (Wildman–Crippen LogP) is 1.31. The average molecular weight is 262 g/mol. The van der Waals surface area contributed by atoms with Gasteiger partial charge in [-0.05, 0) is 18.1 Å². The molecule has 5 nitrogen and oxygen atoms in total. The van der Waals surface area contributed by atoms with E-state index in [0.717, 1.165) is 0 Å². The molecule has 0 fully saturated rings. The summed E-state index contributed by atoms with van der Waals surface area (Å²) in [6.07, 6.45) is -0.356. The predicted molar refractivity (Wildman–Crippen MR) is 71.9 cm³/mol. The number of hydrogen-bond acceptors (Lipinski definition) is 3. The summed E-state index contributed by atoms with van der Waals surface area (Å²) in [6, 6.07) is 7.18. The number of benzene rings is 1. The molecule has 0 radical (unpaired) electrons. The Kier molecular flexibility index (Phi) is 3.74. The van der Waals surface area contributed by atoms with Crippen molar-refractivity contribution in [3.8, 4) is 5.75 Å². The molecule has 2 N–H and O–H groups in total. The molecule has 1 aromatic rings. The van der Waals surface area contributed by atoms with Crippen LogP contribution in [0.3, 0.4) is 0 Å².